The van der Waals surface area contributed by atoms with Crippen LogP contribution in [0.5, 0.6) is 0 Å². The summed E-state index contributed by atoms with van der Waals surface area (Å²) >= 11 is 0. The van der Waals surface area contributed by atoms with E-state index in [1.165, 1.54) is 6.42 Å². The number of carbonyl (C=O) groups excluding carboxylic acids is 2. The molecule has 0 bridgehead atoms. The normalized spacial score (nSPS) is 19.9. The Morgan fingerprint density at radius 3 is 2.35 bits per heavy atom. The number of amides is 3. The number of rotatable bonds is 6. The van der Waals surface area contributed by atoms with Gasteiger partial charge in [-0.25, -0.2) is 4.79 Å². The smallest absolute Gasteiger partial charge is 0.318 e. The number of hydrogen-bond acceptors (Lipinski definition) is 3. The molecule has 2 aliphatic rings. The minimum absolute atomic E-state index is 0.0943. The lowest BCUT2D eigenvalue weighted by atomic mass is 9.83. The minimum atomic E-state index is -0.515. The van der Waals surface area contributed by atoms with Crippen molar-refractivity contribution < 1.29 is 9.59 Å². The second kappa shape index (κ2) is 10.6. The Bertz CT molecular complexity index is 971. The Morgan fingerprint density at radius 2 is 1.74 bits per heavy atom. The predicted molar refractivity (Wildman–Crippen MR) is 136 cm³/mol. The number of nitrogens with zero attached hydrogens (tertiary/aromatic N) is 2. The summed E-state index contributed by atoms with van der Waals surface area (Å²) in [6.07, 6.45) is 7.44. The van der Waals surface area contributed by atoms with E-state index < -0.39 is 6.04 Å². The van der Waals surface area contributed by atoms with E-state index in [0.29, 0.717) is 5.92 Å². The average molecular weight is 466 g/mol. The summed E-state index contributed by atoms with van der Waals surface area (Å²) in [5.41, 5.74) is 4.87. The molecule has 2 heterocycles. The quantitative estimate of drug-likeness (QED) is 0.533. The van der Waals surface area contributed by atoms with Crippen LogP contribution < -0.4 is 10.6 Å². The van der Waals surface area contributed by atoms with Crippen LogP contribution >= 0.6 is 0 Å². The fraction of sp³-hybridized carbons (Fsp3) is 0.593. The molecule has 0 spiro atoms. The molecule has 1 aromatic heterocycles. The van der Waals surface area contributed by atoms with Crippen molar-refractivity contribution in [3.63, 3.8) is 0 Å². The van der Waals surface area contributed by atoms with Gasteiger partial charge in [0.15, 0.2) is 0 Å². The van der Waals surface area contributed by atoms with Gasteiger partial charge in [0.25, 0.3) is 0 Å². The highest BCUT2D eigenvalue weighted by Crippen LogP contribution is 2.30. The summed E-state index contributed by atoms with van der Waals surface area (Å²) in [5.74, 6) is 0.466. The van der Waals surface area contributed by atoms with Crippen LogP contribution in [-0.4, -0.2) is 45.7 Å². The minimum Gasteiger partial charge on any atom is -0.326 e. The monoisotopic (exact) mass is 465 g/mol. The van der Waals surface area contributed by atoms with Crippen molar-refractivity contribution in [2.75, 3.05) is 11.9 Å². The molecule has 0 radical (unpaired) electrons. The molecule has 34 heavy (non-hydrogen) atoms. The van der Waals surface area contributed by atoms with Crippen molar-refractivity contribution in [3.05, 3.63) is 35.7 Å². The van der Waals surface area contributed by atoms with Gasteiger partial charge >= 0.3 is 6.03 Å². The van der Waals surface area contributed by atoms with E-state index in [1.54, 1.807) is 0 Å². The molecule has 2 atom stereocenters. The number of anilines is 1. The van der Waals surface area contributed by atoms with E-state index in [9.17, 15) is 9.59 Å². The predicted octanol–water partition coefficient (Wildman–Crippen LogP) is 5.41. The zero-order valence-corrected chi connectivity index (χ0v) is 21.0. The van der Waals surface area contributed by atoms with Gasteiger partial charge in [-0.2, -0.15) is 5.10 Å². The van der Waals surface area contributed by atoms with Gasteiger partial charge in [0.2, 0.25) is 5.91 Å². The first-order valence-electron chi connectivity index (χ1n) is 12.8. The highest BCUT2D eigenvalue weighted by Gasteiger charge is 2.36. The standard InChI is InChI=1S/C27H39N5O2/c1-17(2)23-11-8-16-32(23)27(34)29-25(21-9-6-5-7-10-21)26(33)28-22-14-12-20(13-15-22)24-18(3)30-31-19(24)4/h12-15,17,21,23,25H,5-11,16H2,1-4H3,(H,28,33)(H,29,34)(H,30,31). The van der Waals surface area contributed by atoms with E-state index in [4.69, 9.17) is 0 Å². The van der Waals surface area contributed by atoms with Crippen molar-refractivity contribution in [1.82, 2.24) is 20.4 Å². The summed E-state index contributed by atoms with van der Waals surface area (Å²) in [5, 5.41) is 13.5. The molecule has 7 heteroatoms. The third-order valence-electron chi connectivity index (χ3n) is 7.58. The lowest BCUT2D eigenvalue weighted by Gasteiger charge is -2.33. The topological polar surface area (TPSA) is 90.1 Å². The van der Waals surface area contributed by atoms with Crippen molar-refractivity contribution in [3.8, 4) is 11.1 Å². The molecule has 2 aromatic rings. The number of urea groups is 1. The van der Waals surface area contributed by atoms with Gasteiger partial charge in [-0.05, 0) is 69.1 Å². The van der Waals surface area contributed by atoms with Crippen LogP contribution in [0.4, 0.5) is 10.5 Å². The van der Waals surface area contributed by atoms with Gasteiger partial charge in [-0.15, -0.1) is 0 Å². The van der Waals surface area contributed by atoms with Crippen LogP contribution in [0.3, 0.4) is 0 Å². The molecule has 1 aliphatic carbocycles. The number of nitrogens with one attached hydrogen (secondary N) is 3. The molecule has 3 N–H and O–H groups in total. The Labute approximate surface area is 203 Å². The first-order valence-corrected chi connectivity index (χ1v) is 12.8. The Hall–Kier alpha value is -2.83. The van der Waals surface area contributed by atoms with Crippen LogP contribution in [0, 0.1) is 25.7 Å². The number of H-pyrrole nitrogens is 1. The molecular weight excluding hydrogens is 426 g/mol. The lowest BCUT2D eigenvalue weighted by Crippen LogP contribution is -2.54. The van der Waals surface area contributed by atoms with Crippen molar-refractivity contribution >= 4 is 17.6 Å². The number of likely N-dealkylation sites (tertiary alicyclic amines) is 1. The highest BCUT2D eigenvalue weighted by atomic mass is 16.2. The van der Waals surface area contributed by atoms with E-state index in [-0.39, 0.29) is 23.9 Å². The Balaban J connectivity index is 1.48. The number of aromatic nitrogens is 2. The molecule has 2 fully saturated rings. The molecule has 1 saturated heterocycles. The molecule has 1 aliphatic heterocycles. The van der Waals surface area contributed by atoms with Crippen molar-refractivity contribution in [1.29, 1.82) is 0 Å². The van der Waals surface area contributed by atoms with Crippen molar-refractivity contribution in [2.45, 2.75) is 84.7 Å². The van der Waals surface area contributed by atoms with E-state index in [0.717, 1.165) is 73.3 Å². The SMILES string of the molecule is Cc1n[nH]c(C)c1-c1ccc(NC(=O)C(NC(=O)N2CCCC2C(C)C)C2CCCCC2)cc1. The lowest BCUT2D eigenvalue weighted by molar-refractivity contribution is -0.119. The first-order chi connectivity index (χ1) is 16.3. The van der Waals surface area contributed by atoms with Gasteiger partial charge in [0, 0.05) is 29.5 Å². The second-order valence-electron chi connectivity index (χ2n) is 10.3. The number of aryl methyl sites for hydroxylation is 2. The van der Waals surface area contributed by atoms with Crippen molar-refractivity contribution in [2.24, 2.45) is 11.8 Å². The molecule has 2 unspecified atom stereocenters. The molecule has 184 valence electrons. The number of carbonyl (C=O) groups is 2. The average Bonchev–Trinajstić information content (AvgIpc) is 3.45. The Morgan fingerprint density at radius 1 is 1.03 bits per heavy atom. The van der Waals surface area contributed by atoms with Crippen LogP contribution in [-0.2, 0) is 4.79 Å². The molecule has 1 saturated carbocycles. The van der Waals surface area contributed by atoms with E-state index >= 15 is 0 Å². The van der Waals surface area contributed by atoms with Gasteiger partial charge in [-0.3, -0.25) is 9.89 Å². The Kier molecular flexibility index (Phi) is 7.59. The molecule has 4 rings (SSSR count). The summed E-state index contributed by atoms with van der Waals surface area (Å²) in [6, 6.07) is 7.50. The molecule has 3 amide bonds. The van der Waals surface area contributed by atoms with Crippen LogP contribution in [0.15, 0.2) is 24.3 Å². The third-order valence-corrected chi connectivity index (χ3v) is 7.58. The fourth-order valence-electron chi connectivity index (χ4n) is 5.74. The third kappa shape index (κ3) is 5.29. The van der Waals surface area contributed by atoms with E-state index in [2.05, 4.69) is 34.7 Å². The first kappa shape index (κ1) is 24.3. The molecule has 7 nitrogen and oxygen atoms in total. The van der Waals surface area contributed by atoms with Crippen LogP contribution in [0.1, 0.15) is 70.2 Å². The van der Waals surface area contributed by atoms with Gasteiger partial charge in [0.05, 0.1) is 5.69 Å². The maximum Gasteiger partial charge on any atom is 0.318 e. The van der Waals surface area contributed by atoms with Crippen LogP contribution in [0.25, 0.3) is 11.1 Å². The second-order valence-corrected chi connectivity index (χ2v) is 10.3. The maximum atomic E-state index is 13.4. The number of hydrogen-bond donors (Lipinski definition) is 3. The van der Waals surface area contributed by atoms with Gasteiger partial charge in [0.1, 0.15) is 6.04 Å². The molecule has 1 aromatic carbocycles. The molecular formula is C27H39N5O2. The van der Waals surface area contributed by atoms with E-state index in [1.807, 2.05) is 43.0 Å². The largest absolute Gasteiger partial charge is 0.326 e. The summed E-state index contributed by atoms with van der Waals surface area (Å²) in [7, 11) is 0. The van der Waals surface area contributed by atoms with Gasteiger partial charge < -0.3 is 15.5 Å². The summed E-state index contributed by atoms with van der Waals surface area (Å²) in [4.78, 5) is 28.6. The number of benzene rings is 1. The zero-order valence-electron chi connectivity index (χ0n) is 21.0. The summed E-state index contributed by atoms with van der Waals surface area (Å²) in [6.45, 7) is 9.08. The highest BCUT2D eigenvalue weighted by molar-refractivity contribution is 5.97. The van der Waals surface area contributed by atoms with Gasteiger partial charge in [-0.1, -0.05) is 45.2 Å². The summed E-state index contributed by atoms with van der Waals surface area (Å²) < 4.78 is 0. The number of aromatic amines is 1. The fourth-order valence-corrected chi connectivity index (χ4v) is 5.74. The zero-order chi connectivity index (χ0) is 24.2. The maximum absolute atomic E-state index is 13.4. The van der Waals surface area contributed by atoms with Crippen LogP contribution in [0.2, 0.25) is 0 Å².